The van der Waals surface area contributed by atoms with E-state index in [0.717, 1.165) is 66.0 Å². The van der Waals surface area contributed by atoms with Gasteiger partial charge in [-0.2, -0.15) is 5.01 Å². The van der Waals surface area contributed by atoms with E-state index in [-0.39, 0.29) is 44.0 Å². The Morgan fingerprint density at radius 1 is 0.337 bits per heavy atom. The van der Waals surface area contributed by atoms with E-state index in [1.54, 1.807) is 5.01 Å². The average Bonchev–Trinajstić information content (AvgIpc) is 1.65. The first-order valence-electron chi connectivity index (χ1n) is 30.5. The minimum Gasteiger partial charge on any atom is -0.505 e. The highest BCUT2D eigenvalue weighted by Crippen LogP contribution is 2.50. The lowest BCUT2D eigenvalue weighted by Gasteiger charge is -2.29. The van der Waals surface area contributed by atoms with Gasteiger partial charge in [0.2, 0.25) is 0 Å². The van der Waals surface area contributed by atoms with Crippen molar-refractivity contribution in [3.8, 4) is 56.6 Å². The highest BCUT2D eigenvalue weighted by molar-refractivity contribution is 6.11. The topological polar surface area (TPSA) is 78.5 Å². The molecule has 2 N–H and O–H groups in total. The van der Waals surface area contributed by atoms with Crippen LogP contribution < -0.4 is 14.6 Å². The number of phenolic OH excluding ortho intramolecular Hbond substituents is 2. The molecule has 0 bridgehead atoms. The number of benzene rings is 8. The lowest BCUT2D eigenvalue weighted by Crippen LogP contribution is -2.42. The van der Waals surface area contributed by atoms with Crippen molar-refractivity contribution in [2.24, 2.45) is 0 Å². The molecule has 450 valence electrons. The molecule has 0 saturated heterocycles. The van der Waals surface area contributed by atoms with E-state index in [0.29, 0.717) is 45.1 Å². The van der Waals surface area contributed by atoms with Crippen molar-refractivity contribution < 1.29 is 19.9 Å². The number of fused-ring (bicyclic) bond motifs is 6. The largest absolute Gasteiger partial charge is 0.505 e. The molecule has 2 heterocycles. The van der Waals surface area contributed by atoms with Crippen molar-refractivity contribution in [2.45, 2.75) is 164 Å². The molecule has 0 aliphatic carbocycles. The monoisotopic (exact) mass is 1150 g/mol. The summed E-state index contributed by atoms with van der Waals surface area (Å²) in [6.07, 6.45) is 0. The Hall–Kier alpha value is -7.72. The van der Waals surface area contributed by atoms with Gasteiger partial charge < -0.3 is 33.9 Å². The van der Waals surface area contributed by atoms with Crippen molar-refractivity contribution in [1.29, 1.82) is 0 Å². The quantitative estimate of drug-likeness (QED) is 0.132. The SMILES string of the molecule is Cc1ccc(ON(Oc2ccc(N(C)C)cc2-c2cc(C(C)(C)C)cc(-n3c4ccc(C(C)(C)C)cc4c4cc(C(C)(C)C)ccc43)c2O)N(C)C)c(-c2cc(C(C)(C)C)cc(-n3c4ccc(C(C)(C)C)cc4c4cc(C(C)(C)C)ccc43)c2O)c1. The van der Waals surface area contributed by atoms with Crippen LogP contribution >= 0.6 is 0 Å². The molecular formula is C77H93N5O4. The number of nitrogens with zero attached hydrogens (tertiary/aromatic N) is 5. The van der Waals surface area contributed by atoms with Crippen LogP contribution in [0.2, 0.25) is 0 Å². The fraction of sp³-hybridized carbons (Fsp3) is 0.377. The third kappa shape index (κ3) is 11.5. The third-order valence-electron chi connectivity index (χ3n) is 17.3. The smallest absolute Gasteiger partial charge is 0.161 e. The highest BCUT2D eigenvalue weighted by Gasteiger charge is 2.31. The molecule has 0 aliphatic heterocycles. The van der Waals surface area contributed by atoms with Crippen molar-refractivity contribution >= 4 is 49.3 Å². The van der Waals surface area contributed by atoms with E-state index in [9.17, 15) is 10.2 Å². The molecule has 0 atom stereocenters. The van der Waals surface area contributed by atoms with E-state index in [2.05, 4.69) is 255 Å². The van der Waals surface area contributed by atoms with E-state index in [1.165, 1.54) is 27.6 Å². The lowest BCUT2D eigenvalue weighted by atomic mass is 9.84. The fourth-order valence-corrected chi connectivity index (χ4v) is 11.7. The lowest BCUT2D eigenvalue weighted by molar-refractivity contribution is -0.360. The number of rotatable bonds is 10. The van der Waals surface area contributed by atoms with Crippen LogP contribution in [-0.4, -0.2) is 57.9 Å². The zero-order chi connectivity index (χ0) is 62.9. The van der Waals surface area contributed by atoms with Gasteiger partial charge in [-0.1, -0.05) is 161 Å². The minimum absolute atomic E-state index is 0.0693. The predicted octanol–water partition coefficient (Wildman–Crippen LogP) is 19.9. The van der Waals surface area contributed by atoms with Crippen LogP contribution in [0.1, 0.15) is 164 Å². The Bertz CT molecular complexity index is 4140. The molecule has 0 saturated carbocycles. The van der Waals surface area contributed by atoms with Crippen LogP contribution in [0.15, 0.2) is 133 Å². The molecule has 0 radical (unpaired) electrons. The van der Waals surface area contributed by atoms with Gasteiger partial charge in [0, 0.05) is 77.7 Å². The molecule has 86 heavy (non-hydrogen) atoms. The minimum atomic E-state index is -0.321. The van der Waals surface area contributed by atoms with Crippen LogP contribution in [-0.2, 0) is 32.5 Å². The van der Waals surface area contributed by atoms with Crippen molar-refractivity contribution in [2.75, 3.05) is 33.1 Å². The van der Waals surface area contributed by atoms with Gasteiger partial charge in [-0.3, -0.25) is 0 Å². The maximum absolute atomic E-state index is 13.2. The summed E-state index contributed by atoms with van der Waals surface area (Å²) in [5.74, 6) is 1.16. The van der Waals surface area contributed by atoms with Crippen molar-refractivity contribution in [3.05, 3.63) is 172 Å². The number of hydrogen-bond donors (Lipinski definition) is 2. The second-order valence-electron chi connectivity index (χ2n) is 30.7. The molecule has 0 spiro atoms. The first-order chi connectivity index (χ1) is 39.8. The summed E-state index contributed by atoms with van der Waals surface area (Å²) in [7, 11) is 7.76. The predicted molar refractivity (Wildman–Crippen MR) is 364 cm³/mol. The molecule has 9 nitrogen and oxygen atoms in total. The number of phenols is 2. The summed E-state index contributed by atoms with van der Waals surface area (Å²) in [5, 5.41) is 34.1. The Balaban J connectivity index is 1.14. The second-order valence-corrected chi connectivity index (χ2v) is 30.7. The Kier molecular flexibility index (Phi) is 15.2. The van der Waals surface area contributed by atoms with Gasteiger partial charge in [0.15, 0.2) is 11.5 Å². The molecular weight excluding hydrogens is 1060 g/mol. The van der Waals surface area contributed by atoms with Crippen LogP contribution in [0.5, 0.6) is 23.0 Å². The van der Waals surface area contributed by atoms with Crippen LogP contribution in [0.4, 0.5) is 5.69 Å². The molecule has 2 aromatic heterocycles. The summed E-state index contributed by atoms with van der Waals surface area (Å²) in [5.41, 5.74) is 16.1. The van der Waals surface area contributed by atoms with Crippen LogP contribution in [0, 0.1) is 6.92 Å². The molecule has 0 amide bonds. The van der Waals surface area contributed by atoms with E-state index in [1.807, 2.05) is 52.5 Å². The van der Waals surface area contributed by atoms with Gasteiger partial charge in [-0.15, -0.1) is 0 Å². The number of aryl methyl sites for hydroxylation is 1. The first-order valence-corrected chi connectivity index (χ1v) is 30.5. The Morgan fingerprint density at radius 3 is 0.953 bits per heavy atom. The summed E-state index contributed by atoms with van der Waals surface area (Å²) in [6, 6.07) is 47.7. The van der Waals surface area contributed by atoms with Gasteiger partial charge >= 0.3 is 0 Å². The zero-order valence-corrected chi connectivity index (χ0v) is 55.6. The summed E-state index contributed by atoms with van der Waals surface area (Å²) in [4.78, 5) is 16.1. The van der Waals surface area contributed by atoms with Gasteiger partial charge in [-0.25, -0.2) is 0 Å². The highest BCUT2D eigenvalue weighted by atomic mass is 17.0. The van der Waals surface area contributed by atoms with Gasteiger partial charge in [-0.05, 0) is 176 Å². The van der Waals surface area contributed by atoms with Gasteiger partial charge in [0.25, 0.3) is 0 Å². The molecule has 0 aliphatic rings. The normalized spacial score (nSPS) is 13.1. The average molecular weight is 1150 g/mol. The first kappa shape index (κ1) is 61.4. The number of anilines is 1. The van der Waals surface area contributed by atoms with E-state index in [4.69, 9.17) is 9.68 Å². The zero-order valence-electron chi connectivity index (χ0n) is 55.6. The molecule has 10 rings (SSSR count). The Labute approximate surface area is 512 Å². The summed E-state index contributed by atoms with van der Waals surface area (Å²) < 4.78 is 4.48. The molecule has 9 heteroatoms. The van der Waals surface area contributed by atoms with Gasteiger partial charge in [0.1, 0.15) is 16.8 Å². The molecule has 0 fully saturated rings. The number of hydrogen-bond acceptors (Lipinski definition) is 7. The molecule has 10 aromatic rings. The molecule has 8 aromatic carbocycles. The number of aromatic hydroxyl groups is 2. The fourth-order valence-electron chi connectivity index (χ4n) is 11.7. The maximum Gasteiger partial charge on any atom is 0.161 e. The van der Waals surface area contributed by atoms with E-state index < -0.39 is 0 Å². The van der Waals surface area contributed by atoms with Gasteiger partial charge in [0.05, 0.1) is 33.4 Å². The maximum atomic E-state index is 13.2. The van der Waals surface area contributed by atoms with Crippen molar-refractivity contribution in [1.82, 2.24) is 19.5 Å². The Morgan fingerprint density at radius 2 is 0.651 bits per heavy atom. The van der Waals surface area contributed by atoms with Crippen LogP contribution in [0.3, 0.4) is 0 Å². The van der Waals surface area contributed by atoms with E-state index >= 15 is 0 Å². The van der Waals surface area contributed by atoms with Crippen LogP contribution in [0.25, 0.3) is 77.2 Å². The number of aromatic nitrogens is 2. The third-order valence-corrected chi connectivity index (χ3v) is 17.3. The van der Waals surface area contributed by atoms with Crippen molar-refractivity contribution in [3.63, 3.8) is 0 Å². The summed E-state index contributed by atoms with van der Waals surface area (Å²) in [6.45, 7) is 42.4. The molecule has 0 unspecified atom stereocenters. The standard InChI is InChI=1S/C77H93N5O4/c1-46-24-34-68(58(36-46)60-41-51(76(14,15)16)43-66(70(60)83)80-62-30-25-47(72(2,3)4)37-54(62)55-38-48(73(5,6)7)26-31-63(55)80)85-82(79(22)23)86-69-35-29-53(78(20)21)45-59(69)61-42-52(77(17,18)19)44-67(71(61)84)81-64-32-27-49(74(8,9)10)39-56(64)57-40-50(75(11,12)13)28-33-65(57)81/h24-45,83-84H,1-23H3. The second kappa shape index (κ2) is 21.3. The summed E-state index contributed by atoms with van der Waals surface area (Å²) >= 11 is 0. The number of hydrazine groups is 1.